The molecular formula is C2H3CaN3. The zero-order valence-corrected chi connectivity index (χ0v) is 5.46. The van der Waals surface area contributed by atoms with E-state index < -0.39 is 0 Å². The smallest absolute Gasteiger partial charge is 0.0690 e. The molecule has 0 aliphatic rings. The molecule has 0 spiro atoms. The monoisotopic (exact) mass is 109 g/mol. The molecule has 1 rings (SSSR count). The molecule has 1 aromatic heterocycles. The van der Waals surface area contributed by atoms with E-state index in [-0.39, 0.29) is 37.7 Å². The van der Waals surface area contributed by atoms with E-state index in [1.807, 2.05) is 0 Å². The van der Waals surface area contributed by atoms with E-state index in [9.17, 15) is 0 Å². The Kier molecular flexibility index (Phi) is 3.82. The fourth-order valence-corrected chi connectivity index (χ4v) is 0.167. The molecule has 0 unspecified atom stereocenters. The normalized spacial score (nSPS) is 6.67. The van der Waals surface area contributed by atoms with Gasteiger partial charge in [-0.25, -0.2) is 0 Å². The van der Waals surface area contributed by atoms with Crippen LogP contribution in [0.1, 0.15) is 0 Å². The summed E-state index contributed by atoms with van der Waals surface area (Å²) in [6, 6.07) is 0. The Labute approximate surface area is 65.1 Å². The molecule has 0 atom stereocenters. The summed E-state index contributed by atoms with van der Waals surface area (Å²) in [5, 5.41) is 9.33. The zero-order valence-electron chi connectivity index (χ0n) is 3.26. The Morgan fingerprint density at radius 3 is 1.83 bits per heavy atom. The van der Waals surface area contributed by atoms with Crippen molar-refractivity contribution in [3.8, 4) is 0 Å². The van der Waals surface area contributed by atoms with Crippen LogP contribution in [0.3, 0.4) is 0 Å². The van der Waals surface area contributed by atoms with Crippen LogP contribution in [0.4, 0.5) is 0 Å². The number of nitrogens with zero attached hydrogens (tertiary/aromatic N) is 2. The van der Waals surface area contributed by atoms with Crippen LogP contribution in [0.25, 0.3) is 0 Å². The average molecular weight is 109 g/mol. The van der Waals surface area contributed by atoms with Crippen LogP contribution in [0, 0.1) is 0 Å². The minimum absolute atomic E-state index is 0. The molecule has 0 amide bonds. The Balaban J connectivity index is 0.000000250. The molecule has 0 aliphatic heterocycles. The Bertz CT molecular complexity index is 65.3. The minimum Gasteiger partial charge on any atom is -0.198 e. The van der Waals surface area contributed by atoms with Gasteiger partial charge in [-0.15, -0.1) is 0 Å². The summed E-state index contributed by atoms with van der Waals surface area (Å²) >= 11 is 0. The van der Waals surface area contributed by atoms with Crippen molar-refractivity contribution in [1.29, 1.82) is 0 Å². The van der Waals surface area contributed by atoms with Crippen LogP contribution in [0.5, 0.6) is 0 Å². The number of rotatable bonds is 0. The van der Waals surface area contributed by atoms with E-state index in [0.717, 1.165) is 0 Å². The second kappa shape index (κ2) is 3.58. The molecule has 0 saturated carbocycles. The molecule has 0 aliphatic carbocycles. The van der Waals surface area contributed by atoms with Gasteiger partial charge in [0.05, 0.1) is 12.4 Å². The molecule has 0 bridgehead atoms. The van der Waals surface area contributed by atoms with Crippen molar-refractivity contribution in [3.63, 3.8) is 0 Å². The van der Waals surface area contributed by atoms with Crippen molar-refractivity contribution in [2.75, 3.05) is 0 Å². The quantitative estimate of drug-likeness (QED) is 0.453. The summed E-state index contributed by atoms with van der Waals surface area (Å²) in [7, 11) is 0. The first-order valence-electron chi connectivity index (χ1n) is 1.30. The number of aromatic amines is 1. The largest absolute Gasteiger partial charge is 0.198 e. The van der Waals surface area contributed by atoms with E-state index in [2.05, 4.69) is 15.4 Å². The van der Waals surface area contributed by atoms with Gasteiger partial charge >= 0.3 is 0 Å². The van der Waals surface area contributed by atoms with Crippen LogP contribution in [-0.2, 0) is 0 Å². The molecule has 0 aromatic carbocycles. The van der Waals surface area contributed by atoms with Crippen molar-refractivity contribution in [2.45, 2.75) is 0 Å². The Morgan fingerprint density at radius 2 is 1.67 bits per heavy atom. The molecule has 4 heteroatoms. The summed E-state index contributed by atoms with van der Waals surface area (Å²) in [4.78, 5) is 0. The number of hydrogen-bond acceptors (Lipinski definition) is 2. The molecule has 6 heavy (non-hydrogen) atoms. The maximum absolute atomic E-state index is 3.49. The van der Waals surface area contributed by atoms with Crippen molar-refractivity contribution >= 4 is 37.7 Å². The fraction of sp³-hybridized carbons (Fsp3) is 0. The summed E-state index contributed by atoms with van der Waals surface area (Å²) in [6.07, 6.45) is 3.17. The first-order chi connectivity index (χ1) is 2.50. The van der Waals surface area contributed by atoms with E-state index in [0.29, 0.717) is 0 Å². The topological polar surface area (TPSA) is 41.6 Å². The number of hydrogen-bond donors (Lipinski definition) is 1. The molecular weight excluding hydrogens is 106 g/mol. The van der Waals surface area contributed by atoms with Gasteiger partial charge in [-0.1, -0.05) is 0 Å². The van der Waals surface area contributed by atoms with Crippen LogP contribution in [0.15, 0.2) is 12.4 Å². The van der Waals surface area contributed by atoms with Gasteiger partial charge in [0.15, 0.2) is 0 Å². The van der Waals surface area contributed by atoms with Crippen LogP contribution < -0.4 is 0 Å². The molecule has 0 saturated heterocycles. The van der Waals surface area contributed by atoms with Gasteiger partial charge in [0.25, 0.3) is 0 Å². The van der Waals surface area contributed by atoms with Gasteiger partial charge in [-0.3, -0.25) is 0 Å². The Morgan fingerprint density at radius 1 is 1.17 bits per heavy atom. The van der Waals surface area contributed by atoms with E-state index in [4.69, 9.17) is 0 Å². The summed E-state index contributed by atoms with van der Waals surface area (Å²) in [5.74, 6) is 0. The maximum Gasteiger partial charge on any atom is 0.0690 e. The van der Waals surface area contributed by atoms with Gasteiger partial charge in [-0.05, 0) is 0 Å². The van der Waals surface area contributed by atoms with Crippen molar-refractivity contribution in [1.82, 2.24) is 15.4 Å². The van der Waals surface area contributed by atoms with E-state index in [1.165, 1.54) is 0 Å². The van der Waals surface area contributed by atoms with Crippen LogP contribution in [0.2, 0.25) is 0 Å². The van der Waals surface area contributed by atoms with Crippen LogP contribution >= 0.6 is 0 Å². The third kappa shape index (κ3) is 1.74. The third-order valence-corrected chi connectivity index (χ3v) is 0.331. The summed E-state index contributed by atoms with van der Waals surface area (Å²) < 4.78 is 0. The standard InChI is InChI=1S/C2H3N3.Ca/c1-2-4-5-3-1;/h1-2H,(H,3,4,5);. The van der Waals surface area contributed by atoms with Gasteiger partial charge in [0.1, 0.15) is 0 Å². The first-order valence-corrected chi connectivity index (χ1v) is 1.30. The fourth-order valence-electron chi connectivity index (χ4n) is 0.167. The molecule has 1 N–H and O–H groups in total. The van der Waals surface area contributed by atoms with Gasteiger partial charge in [0.2, 0.25) is 0 Å². The number of H-pyrrole nitrogens is 1. The second-order valence-corrected chi connectivity index (χ2v) is 0.656. The van der Waals surface area contributed by atoms with Crippen molar-refractivity contribution < 1.29 is 0 Å². The zero-order chi connectivity index (χ0) is 3.54. The summed E-state index contributed by atoms with van der Waals surface area (Å²) in [6.45, 7) is 0. The minimum atomic E-state index is 0. The average Bonchev–Trinajstić information content (AvgIpc) is 1.76. The molecule has 0 fully saturated rings. The molecule has 2 radical (unpaired) electrons. The van der Waals surface area contributed by atoms with E-state index >= 15 is 0 Å². The van der Waals surface area contributed by atoms with Crippen molar-refractivity contribution in [3.05, 3.63) is 12.4 Å². The maximum atomic E-state index is 3.49. The van der Waals surface area contributed by atoms with Crippen molar-refractivity contribution in [2.24, 2.45) is 0 Å². The SMILES string of the molecule is [Ca].c1cn[nH]n1. The van der Waals surface area contributed by atoms with Crippen LogP contribution in [-0.4, -0.2) is 53.1 Å². The second-order valence-electron chi connectivity index (χ2n) is 0.656. The molecule has 1 heterocycles. The predicted molar refractivity (Wildman–Crippen MR) is 22.1 cm³/mol. The Hall–Kier alpha value is 0.400. The number of nitrogens with one attached hydrogen (secondary N) is 1. The molecule has 28 valence electrons. The predicted octanol–water partition coefficient (Wildman–Crippen LogP) is -0.576. The van der Waals surface area contributed by atoms with Gasteiger partial charge in [0, 0.05) is 37.7 Å². The molecule has 3 nitrogen and oxygen atoms in total. The first kappa shape index (κ1) is 6.40. The third-order valence-electron chi connectivity index (χ3n) is 0.331. The van der Waals surface area contributed by atoms with Gasteiger partial charge < -0.3 is 0 Å². The molecule has 1 aromatic rings. The number of aromatic nitrogens is 3. The summed E-state index contributed by atoms with van der Waals surface area (Å²) in [5.41, 5.74) is 0. The van der Waals surface area contributed by atoms with Gasteiger partial charge in [-0.2, -0.15) is 15.4 Å². The van der Waals surface area contributed by atoms with E-state index in [1.54, 1.807) is 12.4 Å².